The van der Waals surface area contributed by atoms with Crippen LogP contribution in [0.15, 0.2) is 24.3 Å². The van der Waals surface area contributed by atoms with Crippen molar-refractivity contribution in [3.63, 3.8) is 0 Å². The van der Waals surface area contributed by atoms with Crippen molar-refractivity contribution >= 4 is 11.7 Å². The number of hydrogen-bond acceptors (Lipinski definition) is 5. The smallest absolute Gasteiger partial charge is 0.317 e. The number of carbonyl (C=O) groups excluding carboxylic acids is 1. The van der Waals surface area contributed by atoms with Gasteiger partial charge in [-0.2, -0.15) is 0 Å². The number of nitrogens with one attached hydrogen (secondary N) is 1. The number of rotatable bonds is 3. The first kappa shape index (κ1) is 15.9. The fourth-order valence-corrected chi connectivity index (χ4v) is 2.85. The summed E-state index contributed by atoms with van der Waals surface area (Å²) in [6, 6.07) is 7.21. The van der Waals surface area contributed by atoms with Crippen LogP contribution in [0.2, 0.25) is 0 Å². The molecule has 2 N–H and O–H groups in total. The molecule has 1 aromatic carbocycles. The molecule has 1 unspecified atom stereocenters. The Labute approximate surface area is 135 Å². The Hall–Kier alpha value is -1.99. The molecule has 2 heterocycles. The third-order valence-electron chi connectivity index (χ3n) is 4.16. The summed E-state index contributed by atoms with van der Waals surface area (Å²) in [5.74, 6) is 0.278. The van der Waals surface area contributed by atoms with Gasteiger partial charge in [0.05, 0.1) is 31.6 Å². The lowest BCUT2D eigenvalue weighted by molar-refractivity contribution is -0.0856. The number of nitrogens with zero attached hydrogens (tertiary/aromatic N) is 2. The average molecular weight is 321 g/mol. The molecular weight excluding hydrogens is 298 g/mol. The maximum atomic E-state index is 12.2. The predicted octanol–water partition coefficient (Wildman–Crippen LogP) is 0.639. The normalized spacial score (nSPS) is 22.0. The highest BCUT2D eigenvalue weighted by Gasteiger charge is 2.23. The van der Waals surface area contributed by atoms with Gasteiger partial charge in [-0.15, -0.1) is 0 Å². The highest BCUT2D eigenvalue weighted by molar-refractivity contribution is 5.74. The zero-order chi connectivity index (χ0) is 16.1. The first-order valence-electron chi connectivity index (χ1n) is 7.99. The number of ether oxygens (including phenoxy) is 2. The molecule has 0 bridgehead atoms. The van der Waals surface area contributed by atoms with Crippen LogP contribution in [0.3, 0.4) is 0 Å². The van der Waals surface area contributed by atoms with Crippen LogP contribution in [0.25, 0.3) is 0 Å². The molecule has 126 valence electrons. The maximum absolute atomic E-state index is 12.2. The second-order valence-electron chi connectivity index (χ2n) is 5.72. The number of anilines is 1. The van der Waals surface area contributed by atoms with E-state index in [1.165, 1.54) is 0 Å². The number of urea groups is 1. The van der Waals surface area contributed by atoms with E-state index >= 15 is 0 Å². The second kappa shape index (κ2) is 7.52. The molecular formula is C16H23N3O4. The lowest BCUT2D eigenvalue weighted by atomic mass is 10.2. The Morgan fingerprint density at radius 3 is 2.70 bits per heavy atom. The summed E-state index contributed by atoms with van der Waals surface area (Å²) in [6.45, 7) is 4.87. The van der Waals surface area contributed by atoms with Crippen molar-refractivity contribution in [2.75, 3.05) is 57.4 Å². The minimum Gasteiger partial charge on any atom is -0.506 e. The molecule has 23 heavy (non-hydrogen) atoms. The van der Waals surface area contributed by atoms with Gasteiger partial charge in [-0.05, 0) is 12.1 Å². The maximum Gasteiger partial charge on any atom is 0.317 e. The van der Waals surface area contributed by atoms with E-state index in [4.69, 9.17) is 9.47 Å². The van der Waals surface area contributed by atoms with Gasteiger partial charge in [-0.1, -0.05) is 12.1 Å². The van der Waals surface area contributed by atoms with Crippen LogP contribution in [0, 0.1) is 0 Å². The number of para-hydroxylation sites is 2. The number of phenolic OH excluding ortho intramolecular Hbond substituents is 1. The molecule has 7 heteroatoms. The molecule has 3 rings (SSSR count). The minimum absolute atomic E-state index is 0.0599. The third-order valence-corrected chi connectivity index (χ3v) is 4.16. The van der Waals surface area contributed by atoms with Crippen LogP contribution in [0.4, 0.5) is 10.5 Å². The molecule has 0 spiro atoms. The first-order valence-corrected chi connectivity index (χ1v) is 7.99. The van der Waals surface area contributed by atoms with E-state index in [-0.39, 0.29) is 17.9 Å². The number of benzene rings is 1. The molecule has 2 saturated heterocycles. The largest absolute Gasteiger partial charge is 0.506 e. The van der Waals surface area contributed by atoms with Crippen LogP contribution in [0.1, 0.15) is 0 Å². The van der Waals surface area contributed by atoms with E-state index in [0.29, 0.717) is 52.5 Å². The highest BCUT2D eigenvalue weighted by atomic mass is 16.6. The van der Waals surface area contributed by atoms with Crippen molar-refractivity contribution < 1.29 is 19.4 Å². The van der Waals surface area contributed by atoms with E-state index in [1.807, 2.05) is 12.1 Å². The van der Waals surface area contributed by atoms with Gasteiger partial charge in [0, 0.05) is 32.7 Å². The molecule has 1 aromatic rings. The Balaban J connectivity index is 1.45. The predicted molar refractivity (Wildman–Crippen MR) is 85.9 cm³/mol. The summed E-state index contributed by atoms with van der Waals surface area (Å²) in [7, 11) is 0. The Morgan fingerprint density at radius 2 is 2.00 bits per heavy atom. The molecule has 0 saturated carbocycles. The number of carbonyl (C=O) groups is 1. The molecule has 2 aliphatic rings. The van der Waals surface area contributed by atoms with Crippen molar-refractivity contribution in [3.8, 4) is 5.75 Å². The molecule has 0 aliphatic carbocycles. The van der Waals surface area contributed by atoms with Crippen LogP contribution < -0.4 is 10.2 Å². The average Bonchev–Trinajstić information content (AvgIpc) is 2.61. The van der Waals surface area contributed by atoms with E-state index in [1.54, 1.807) is 17.0 Å². The number of phenols is 1. The van der Waals surface area contributed by atoms with Crippen LogP contribution >= 0.6 is 0 Å². The van der Waals surface area contributed by atoms with E-state index in [9.17, 15) is 9.90 Å². The minimum atomic E-state index is -0.0730. The standard InChI is InChI=1S/C16H23N3O4/c20-15-4-2-1-3-14(15)18-5-7-19(8-6-18)16(21)17-11-13-12-22-9-10-23-13/h1-4,13,20H,5-12H2,(H,17,21). The van der Waals surface area contributed by atoms with Gasteiger partial charge < -0.3 is 29.7 Å². The molecule has 2 amide bonds. The molecule has 1 atom stereocenters. The Morgan fingerprint density at radius 1 is 1.22 bits per heavy atom. The topological polar surface area (TPSA) is 74.3 Å². The zero-order valence-electron chi connectivity index (χ0n) is 13.1. The number of hydrogen-bond donors (Lipinski definition) is 2. The monoisotopic (exact) mass is 321 g/mol. The van der Waals surface area contributed by atoms with Gasteiger partial charge in [-0.3, -0.25) is 0 Å². The summed E-state index contributed by atoms with van der Waals surface area (Å²) in [5, 5.41) is 12.8. The first-order chi connectivity index (χ1) is 11.2. The van der Waals surface area contributed by atoms with Gasteiger partial charge in [0.1, 0.15) is 5.75 Å². The molecule has 7 nitrogen and oxygen atoms in total. The number of piperazine rings is 1. The van der Waals surface area contributed by atoms with Crippen molar-refractivity contribution in [2.45, 2.75) is 6.10 Å². The summed E-state index contributed by atoms with van der Waals surface area (Å²) in [6.07, 6.45) is -0.0599. The lowest BCUT2D eigenvalue weighted by Crippen LogP contribution is -2.53. The van der Waals surface area contributed by atoms with Gasteiger partial charge in [-0.25, -0.2) is 4.79 Å². The SMILES string of the molecule is O=C(NCC1COCCO1)N1CCN(c2ccccc2O)CC1. The van der Waals surface area contributed by atoms with Crippen molar-refractivity contribution in [3.05, 3.63) is 24.3 Å². The summed E-state index contributed by atoms with van der Waals surface area (Å²) >= 11 is 0. The molecule has 2 aliphatic heterocycles. The molecule has 0 aromatic heterocycles. The van der Waals surface area contributed by atoms with Gasteiger partial charge in [0.25, 0.3) is 0 Å². The fourth-order valence-electron chi connectivity index (χ4n) is 2.85. The number of aromatic hydroxyl groups is 1. The van der Waals surface area contributed by atoms with Gasteiger partial charge in [0.15, 0.2) is 0 Å². The van der Waals surface area contributed by atoms with Crippen LogP contribution in [-0.4, -0.2) is 74.7 Å². The van der Waals surface area contributed by atoms with Gasteiger partial charge in [0.2, 0.25) is 0 Å². The van der Waals surface area contributed by atoms with Crippen molar-refractivity contribution in [2.24, 2.45) is 0 Å². The highest BCUT2D eigenvalue weighted by Crippen LogP contribution is 2.27. The Bertz CT molecular complexity index is 526. The van der Waals surface area contributed by atoms with E-state index < -0.39 is 0 Å². The summed E-state index contributed by atoms with van der Waals surface area (Å²) < 4.78 is 10.8. The Kier molecular flexibility index (Phi) is 5.19. The lowest BCUT2D eigenvalue weighted by Gasteiger charge is -2.36. The van der Waals surface area contributed by atoms with E-state index in [0.717, 1.165) is 5.69 Å². The van der Waals surface area contributed by atoms with Crippen LogP contribution in [-0.2, 0) is 9.47 Å². The molecule has 2 fully saturated rings. The third kappa shape index (κ3) is 4.05. The second-order valence-corrected chi connectivity index (χ2v) is 5.72. The van der Waals surface area contributed by atoms with Crippen molar-refractivity contribution in [1.29, 1.82) is 0 Å². The van der Waals surface area contributed by atoms with E-state index in [2.05, 4.69) is 10.2 Å². The molecule has 0 radical (unpaired) electrons. The summed E-state index contributed by atoms with van der Waals surface area (Å²) in [4.78, 5) is 16.1. The zero-order valence-corrected chi connectivity index (χ0v) is 13.1. The number of amides is 2. The van der Waals surface area contributed by atoms with Crippen LogP contribution in [0.5, 0.6) is 5.75 Å². The fraction of sp³-hybridized carbons (Fsp3) is 0.562. The van der Waals surface area contributed by atoms with Crippen molar-refractivity contribution in [1.82, 2.24) is 10.2 Å². The summed E-state index contributed by atoms with van der Waals surface area (Å²) in [5.41, 5.74) is 0.820. The van der Waals surface area contributed by atoms with Gasteiger partial charge >= 0.3 is 6.03 Å². The quantitative estimate of drug-likeness (QED) is 0.855.